The highest BCUT2D eigenvalue weighted by Crippen LogP contribution is 2.03. The number of guanidine groups is 2. The van der Waals surface area contributed by atoms with E-state index in [1.165, 1.54) is 6.19 Å². The number of hydrogen-bond donors (Lipinski definition) is 6. The van der Waals surface area contributed by atoms with E-state index in [9.17, 15) is 0 Å². The Morgan fingerprint density at radius 1 is 1.25 bits per heavy atom. The molecule has 1 rings (SSSR count). The molecule has 7 nitrogen and oxygen atoms in total. The van der Waals surface area contributed by atoms with Gasteiger partial charge in [0, 0.05) is 5.69 Å². The second kappa shape index (κ2) is 7.64. The van der Waals surface area contributed by atoms with Crippen molar-refractivity contribution >= 4 is 17.6 Å². The van der Waals surface area contributed by atoms with Gasteiger partial charge in [0.15, 0.2) is 18.1 Å². The van der Waals surface area contributed by atoms with Crippen LogP contribution in [-0.2, 0) is 0 Å². The van der Waals surface area contributed by atoms with Crippen LogP contribution in [0.5, 0.6) is 0 Å². The van der Waals surface area contributed by atoms with E-state index in [-0.39, 0.29) is 11.9 Å². The number of para-hydroxylation sites is 1. The predicted molar refractivity (Wildman–Crippen MR) is 62.6 cm³/mol. The molecule has 0 spiro atoms. The number of benzene rings is 1. The molecule has 0 radical (unpaired) electrons. The molecule has 1 aromatic carbocycles. The molecule has 0 unspecified atom stereocenters. The van der Waals surface area contributed by atoms with Crippen molar-refractivity contribution in [3.05, 3.63) is 30.3 Å². The van der Waals surface area contributed by atoms with E-state index in [1.807, 2.05) is 30.3 Å². The number of anilines is 1. The SMILES string of the molecule is N#CN.N=C(N)NC(=N)Nc1ccccc1. The highest BCUT2D eigenvalue weighted by atomic mass is 15.2. The van der Waals surface area contributed by atoms with Crippen LogP contribution in [0.3, 0.4) is 0 Å². The summed E-state index contributed by atoms with van der Waals surface area (Å²) in [6.45, 7) is 0. The third-order valence-electron chi connectivity index (χ3n) is 1.30. The van der Waals surface area contributed by atoms with Gasteiger partial charge in [-0.25, -0.2) is 0 Å². The van der Waals surface area contributed by atoms with Crippen molar-refractivity contribution in [2.75, 3.05) is 5.32 Å². The first kappa shape index (κ1) is 13.2. The normalized spacial score (nSPS) is 7.69. The van der Waals surface area contributed by atoms with Gasteiger partial charge in [0.2, 0.25) is 0 Å². The molecule has 0 saturated heterocycles. The van der Waals surface area contributed by atoms with E-state index < -0.39 is 0 Å². The summed E-state index contributed by atoms with van der Waals surface area (Å²) in [6, 6.07) is 9.21. The standard InChI is InChI=1S/C8H11N5.CH2N2/c9-7(10)13-8(11)12-6-4-2-1-3-5-6;2-1-3/h1-5H,(H6,9,10,11,12,13);2H2. The van der Waals surface area contributed by atoms with Gasteiger partial charge < -0.3 is 16.8 Å². The number of rotatable bonds is 1. The molecule has 0 fully saturated rings. The molecule has 84 valence electrons. The lowest BCUT2D eigenvalue weighted by Crippen LogP contribution is -2.39. The minimum atomic E-state index is -0.256. The molecule has 1 aromatic rings. The minimum absolute atomic E-state index is 0.0151. The highest BCUT2D eigenvalue weighted by molar-refractivity contribution is 6.02. The quantitative estimate of drug-likeness (QED) is 0.169. The van der Waals surface area contributed by atoms with Crippen molar-refractivity contribution in [2.24, 2.45) is 11.5 Å². The van der Waals surface area contributed by atoms with Crippen molar-refractivity contribution in [2.45, 2.75) is 0 Å². The second-order valence-electron chi connectivity index (χ2n) is 2.53. The maximum atomic E-state index is 7.31. The Kier molecular flexibility index (Phi) is 6.32. The zero-order valence-corrected chi connectivity index (χ0v) is 8.49. The number of nitriles is 1. The largest absolute Gasteiger partial charge is 0.370 e. The number of nitrogens with zero attached hydrogens (tertiary/aromatic N) is 1. The van der Waals surface area contributed by atoms with Gasteiger partial charge in [0.1, 0.15) is 0 Å². The van der Waals surface area contributed by atoms with Crippen LogP contribution in [0.4, 0.5) is 5.69 Å². The van der Waals surface area contributed by atoms with Crippen LogP contribution in [-0.4, -0.2) is 11.9 Å². The summed E-state index contributed by atoms with van der Waals surface area (Å²) in [7, 11) is 0. The van der Waals surface area contributed by atoms with Gasteiger partial charge in [0.05, 0.1) is 0 Å². The fraction of sp³-hybridized carbons (Fsp3) is 0. The van der Waals surface area contributed by atoms with Crippen LogP contribution in [0.25, 0.3) is 0 Å². The predicted octanol–water partition coefficient (Wildman–Crippen LogP) is -0.0575. The first-order valence-corrected chi connectivity index (χ1v) is 4.21. The van der Waals surface area contributed by atoms with E-state index in [4.69, 9.17) is 21.8 Å². The molecule has 0 aliphatic rings. The van der Waals surface area contributed by atoms with Gasteiger partial charge in [0.25, 0.3) is 0 Å². The van der Waals surface area contributed by atoms with Crippen molar-refractivity contribution in [3.8, 4) is 6.19 Å². The summed E-state index contributed by atoms with van der Waals surface area (Å²) in [5.74, 6) is -0.271. The summed E-state index contributed by atoms with van der Waals surface area (Å²) in [5.41, 5.74) is 9.97. The zero-order chi connectivity index (χ0) is 12.4. The van der Waals surface area contributed by atoms with Gasteiger partial charge in [-0.1, -0.05) is 18.2 Å². The van der Waals surface area contributed by atoms with Crippen LogP contribution < -0.4 is 22.1 Å². The third kappa shape index (κ3) is 6.73. The van der Waals surface area contributed by atoms with Crippen LogP contribution in [0, 0.1) is 22.3 Å². The molecule has 0 amide bonds. The maximum Gasteiger partial charge on any atom is 0.199 e. The van der Waals surface area contributed by atoms with Crippen LogP contribution in [0.1, 0.15) is 0 Å². The van der Waals surface area contributed by atoms with Gasteiger partial charge in [-0.2, -0.15) is 5.26 Å². The fourth-order valence-corrected chi connectivity index (χ4v) is 0.832. The van der Waals surface area contributed by atoms with Crippen LogP contribution in [0.2, 0.25) is 0 Å². The zero-order valence-electron chi connectivity index (χ0n) is 8.49. The first-order valence-electron chi connectivity index (χ1n) is 4.21. The lowest BCUT2D eigenvalue weighted by Gasteiger charge is -2.07. The van der Waals surface area contributed by atoms with Gasteiger partial charge >= 0.3 is 0 Å². The average molecular weight is 219 g/mol. The molecule has 16 heavy (non-hydrogen) atoms. The monoisotopic (exact) mass is 219 g/mol. The van der Waals surface area contributed by atoms with E-state index in [0.29, 0.717) is 0 Å². The van der Waals surface area contributed by atoms with E-state index in [2.05, 4.69) is 16.4 Å². The van der Waals surface area contributed by atoms with Gasteiger partial charge in [-0.05, 0) is 12.1 Å². The molecule has 0 atom stereocenters. The molecule has 7 heteroatoms. The fourth-order valence-electron chi connectivity index (χ4n) is 0.832. The number of hydrogen-bond acceptors (Lipinski definition) is 4. The Balaban J connectivity index is 0.000000673. The molecule has 8 N–H and O–H groups in total. The summed E-state index contributed by atoms with van der Waals surface area (Å²) in [6.07, 6.45) is 1.25. The lowest BCUT2D eigenvalue weighted by molar-refractivity contribution is 1.20. The van der Waals surface area contributed by atoms with Crippen molar-refractivity contribution < 1.29 is 0 Å². The van der Waals surface area contributed by atoms with Crippen molar-refractivity contribution in [1.29, 1.82) is 16.1 Å². The highest BCUT2D eigenvalue weighted by Gasteiger charge is 1.96. The van der Waals surface area contributed by atoms with E-state index in [1.54, 1.807) is 0 Å². The Bertz CT molecular complexity index is 379. The Hall–Kier alpha value is -2.75. The third-order valence-corrected chi connectivity index (χ3v) is 1.30. The molecule has 0 saturated carbocycles. The summed E-state index contributed by atoms with van der Waals surface area (Å²) >= 11 is 0. The summed E-state index contributed by atoms with van der Waals surface area (Å²) < 4.78 is 0. The van der Waals surface area contributed by atoms with Gasteiger partial charge in [-0.3, -0.25) is 16.1 Å². The summed E-state index contributed by atoms with van der Waals surface area (Å²) in [4.78, 5) is 0. The van der Waals surface area contributed by atoms with Crippen molar-refractivity contribution in [1.82, 2.24) is 5.32 Å². The number of nitrogens with two attached hydrogens (primary N) is 2. The van der Waals surface area contributed by atoms with Crippen LogP contribution in [0.15, 0.2) is 30.3 Å². The topological polar surface area (TPSA) is 148 Å². The Morgan fingerprint density at radius 2 is 1.75 bits per heavy atom. The maximum absolute atomic E-state index is 7.31. The second-order valence-corrected chi connectivity index (χ2v) is 2.53. The first-order chi connectivity index (χ1) is 7.60. The smallest absolute Gasteiger partial charge is 0.199 e. The summed E-state index contributed by atoms with van der Waals surface area (Å²) in [5, 5.41) is 26.3. The molecular formula is C9H13N7. The molecule has 0 aliphatic carbocycles. The minimum Gasteiger partial charge on any atom is -0.370 e. The van der Waals surface area contributed by atoms with E-state index >= 15 is 0 Å². The molecule has 0 aliphatic heterocycles. The van der Waals surface area contributed by atoms with Crippen molar-refractivity contribution in [3.63, 3.8) is 0 Å². The van der Waals surface area contributed by atoms with Crippen LogP contribution >= 0.6 is 0 Å². The number of nitrogens with one attached hydrogen (secondary N) is 4. The average Bonchev–Trinajstić information content (AvgIpc) is 2.18. The molecule has 0 heterocycles. The Morgan fingerprint density at radius 3 is 2.19 bits per heavy atom. The molecule has 0 bridgehead atoms. The Labute approximate surface area is 93.1 Å². The van der Waals surface area contributed by atoms with Gasteiger partial charge in [-0.15, -0.1) is 0 Å². The lowest BCUT2D eigenvalue weighted by atomic mass is 10.3. The van der Waals surface area contributed by atoms with E-state index in [0.717, 1.165) is 5.69 Å². The molecular weight excluding hydrogens is 206 g/mol. The molecule has 0 aromatic heterocycles.